The summed E-state index contributed by atoms with van der Waals surface area (Å²) in [5, 5.41) is 9.20. The van der Waals surface area contributed by atoms with Crippen LogP contribution in [0, 0.1) is 11.3 Å². The van der Waals surface area contributed by atoms with Gasteiger partial charge in [-0.05, 0) is 43.9 Å². The van der Waals surface area contributed by atoms with Crippen molar-refractivity contribution in [2.75, 3.05) is 19.6 Å². The van der Waals surface area contributed by atoms with Gasteiger partial charge in [0, 0.05) is 25.7 Å². The highest BCUT2D eigenvalue weighted by Crippen LogP contribution is 2.39. The van der Waals surface area contributed by atoms with E-state index in [0.29, 0.717) is 31.5 Å². The average molecular weight is 449 g/mol. The van der Waals surface area contributed by atoms with Crippen LogP contribution >= 0.6 is 0 Å². The molecule has 3 heterocycles. The average Bonchev–Trinajstić information content (AvgIpc) is 3.46. The van der Waals surface area contributed by atoms with E-state index in [0.717, 1.165) is 18.6 Å². The van der Waals surface area contributed by atoms with Crippen LogP contribution in [0.15, 0.2) is 24.3 Å². The summed E-state index contributed by atoms with van der Waals surface area (Å²) in [7, 11) is 0. The van der Waals surface area contributed by atoms with E-state index in [9.17, 15) is 28.0 Å². The van der Waals surface area contributed by atoms with Crippen LogP contribution < -0.4 is 5.73 Å². The molecular weight excluding hydrogens is 423 g/mol. The quantitative estimate of drug-likeness (QED) is 0.741. The largest absolute Gasteiger partial charge is 0.416 e. The standard InChI is InChI=1S/C22H26F3N5O2/c1-13(14-4-2-5-15(8-14)22(23,24)25)30-17-9-19(21(30)32)28(11-17)12-18(27)20(31)29-7-3-6-16(29)10-26/h2,4-5,8,13,16-19H,3,6-7,9,11-12,27H2,1H3/t13-,16+,17+,18+,19-/m1/s1. The lowest BCUT2D eigenvalue weighted by molar-refractivity contribution is -0.141. The van der Waals surface area contributed by atoms with Crippen molar-refractivity contribution in [1.29, 1.82) is 5.26 Å². The fraction of sp³-hybridized carbons (Fsp3) is 0.591. The van der Waals surface area contributed by atoms with Gasteiger partial charge in [-0.1, -0.05) is 12.1 Å². The number of nitrogens with zero attached hydrogens (tertiary/aromatic N) is 4. The molecule has 32 heavy (non-hydrogen) atoms. The minimum atomic E-state index is -4.44. The van der Waals surface area contributed by atoms with Gasteiger partial charge < -0.3 is 15.5 Å². The highest BCUT2D eigenvalue weighted by molar-refractivity contribution is 5.87. The fourth-order valence-electron chi connectivity index (χ4n) is 5.24. The van der Waals surface area contributed by atoms with Crippen LogP contribution in [0.2, 0.25) is 0 Å². The van der Waals surface area contributed by atoms with Gasteiger partial charge in [-0.3, -0.25) is 14.5 Å². The van der Waals surface area contributed by atoms with E-state index in [1.165, 1.54) is 11.0 Å². The van der Waals surface area contributed by atoms with Crippen molar-refractivity contribution in [2.24, 2.45) is 5.73 Å². The molecule has 3 fully saturated rings. The number of nitrogens with two attached hydrogens (primary N) is 1. The van der Waals surface area contributed by atoms with Gasteiger partial charge in [0.05, 0.1) is 29.8 Å². The van der Waals surface area contributed by atoms with Crippen LogP contribution in [-0.2, 0) is 15.8 Å². The maximum Gasteiger partial charge on any atom is 0.416 e. The summed E-state index contributed by atoms with van der Waals surface area (Å²) in [6.45, 7) is 2.98. The van der Waals surface area contributed by atoms with Gasteiger partial charge in [-0.25, -0.2) is 0 Å². The smallest absolute Gasteiger partial charge is 0.330 e. The Morgan fingerprint density at radius 3 is 2.78 bits per heavy atom. The number of piperazine rings is 1. The summed E-state index contributed by atoms with van der Waals surface area (Å²) in [5.74, 6) is -0.430. The molecule has 10 heteroatoms. The number of alkyl halides is 3. The Morgan fingerprint density at radius 2 is 2.12 bits per heavy atom. The molecule has 5 atom stereocenters. The number of amides is 2. The monoisotopic (exact) mass is 449 g/mol. The topological polar surface area (TPSA) is 93.7 Å². The van der Waals surface area contributed by atoms with Crippen LogP contribution in [0.1, 0.15) is 43.4 Å². The van der Waals surface area contributed by atoms with Crippen molar-refractivity contribution in [3.8, 4) is 6.07 Å². The number of hydrogen-bond donors (Lipinski definition) is 1. The third-order valence-corrected chi connectivity index (χ3v) is 6.86. The van der Waals surface area contributed by atoms with Gasteiger partial charge in [-0.15, -0.1) is 0 Å². The predicted octanol–water partition coefficient (Wildman–Crippen LogP) is 1.89. The Kier molecular flexibility index (Phi) is 5.90. The van der Waals surface area contributed by atoms with Gasteiger partial charge in [0.2, 0.25) is 11.8 Å². The zero-order valence-electron chi connectivity index (χ0n) is 17.8. The Balaban J connectivity index is 1.41. The first-order chi connectivity index (χ1) is 15.1. The molecule has 3 aliphatic heterocycles. The van der Waals surface area contributed by atoms with E-state index < -0.39 is 35.9 Å². The van der Waals surface area contributed by atoms with Crippen LogP contribution in [0.25, 0.3) is 0 Å². The van der Waals surface area contributed by atoms with Crippen molar-refractivity contribution in [1.82, 2.24) is 14.7 Å². The van der Waals surface area contributed by atoms with Crippen LogP contribution in [0.4, 0.5) is 13.2 Å². The summed E-state index contributed by atoms with van der Waals surface area (Å²) in [4.78, 5) is 30.8. The third-order valence-electron chi connectivity index (χ3n) is 6.86. The Labute approximate surface area is 184 Å². The SMILES string of the molecule is C[C@H](c1cccc(C(F)(F)F)c1)N1C(=O)[C@H]2C[C@H]1CN2C[C@H](N)C(=O)N1CCC[C@H]1C#N. The molecule has 1 aromatic carbocycles. The second-order valence-corrected chi connectivity index (χ2v) is 8.83. The Bertz CT molecular complexity index is 946. The van der Waals surface area contributed by atoms with Crippen molar-refractivity contribution < 1.29 is 22.8 Å². The first kappa shape index (κ1) is 22.6. The first-order valence-electron chi connectivity index (χ1n) is 10.8. The van der Waals surface area contributed by atoms with E-state index in [-0.39, 0.29) is 24.4 Å². The number of halogens is 3. The number of fused-ring (bicyclic) bond motifs is 2. The number of carbonyl (C=O) groups is 2. The first-order valence-corrected chi connectivity index (χ1v) is 10.8. The lowest BCUT2D eigenvalue weighted by Gasteiger charge is -2.38. The molecule has 2 bridgehead atoms. The molecule has 1 aromatic rings. The normalized spacial score (nSPS) is 27.6. The van der Waals surface area contributed by atoms with Gasteiger partial charge in [0.15, 0.2) is 0 Å². The molecule has 0 spiro atoms. The van der Waals surface area contributed by atoms with E-state index in [1.54, 1.807) is 17.9 Å². The maximum atomic E-state index is 13.1. The second kappa shape index (κ2) is 8.37. The molecule has 0 aromatic heterocycles. The van der Waals surface area contributed by atoms with Gasteiger partial charge >= 0.3 is 6.18 Å². The lowest BCUT2D eigenvalue weighted by Crippen LogP contribution is -2.56. The zero-order chi connectivity index (χ0) is 23.2. The van der Waals surface area contributed by atoms with Crippen molar-refractivity contribution >= 4 is 11.8 Å². The summed E-state index contributed by atoms with van der Waals surface area (Å²) in [6.07, 6.45) is -2.47. The molecule has 3 aliphatic rings. The number of benzene rings is 1. The molecule has 2 amide bonds. The van der Waals surface area contributed by atoms with Crippen LogP contribution in [0.5, 0.6) is 0 Å². The molecule has 7 nitrogen and oxygen atoms in total. The minimum absolute atomic E-state index is 0.141. The minimum Gasteiger partial charge on any atom is -0.330 e. The highest BCUT2D eigenvalue weighted by atomic mass is 19.4. The van der Waals surface area contributed by atoms with E-state index >= 15 is 0 Å². The maximum absolute atomic E-state index is 13.1. The lowest BCUT2D eigenvalue weighted by atomic mass is 10.0. The molecule has 0 unspecified atom stereocenters. The van der Waals surface area contributed by atoms with Crippen molar-refractivity contribution in [3.05, 3.63) is 35.4 Å². The number of hydrogen-bond acceptors (Lipinski definition) is 5. The molecule has 4 rings (SSSR count). The second-order valence-electron chi connectivity index (χ2n) is 8.83. The molecule has 172 valence electrons. The number of carbonyl (C=O) groups excluding carboxylic acids is 2. The Hall–Kier alpha value is -2.64. The highest BCUT2D eigenvalue weighted by Gasteiger charge is 2.51. The molecule has 0 saturated carbocycles. The summed E-state index contributed by atoms with van der Waals surface area (Å²) >= 11 is 0. The van der Waals surface area contributed by atoms with Crippen molar-refractivity contribution in [2.45, 2.75) is 62.6 Å². The van der Waals surface area contributed by atoms with Crippen molar-refractivity contribution in [3.63, 3.8) is 0 Å². The summed E-state index contributed by atoms with van der Waals surface area (Å²) < 4.78 is 39.3. The predicted molar refractivity (Wildman–Crippen MR) is 109 cm³/mol. The van der Waals surface area contributed by atoms with E-state index in [1.807, 2.05) is 4.90 Å². The molecular formula is C22H26F3N5O2. The van der Waals surface area contributed by atoms with Gasteiger partial charge in [-0.2, -0.15) is 18.4 Å². The molecule has 0 radical (unpaired) electrons. The molecule has 2 N–H and O–H groups in total. The number of likely N-dealkylation sites (tertiary alicyclic amines) is 3. The third kappa shape index (κ3) is 3.95. The van der Waals surface area contributed by atoms with Gasteiger partial charge in [0.25, 0.3) is 0 Å². The molecule has 0 aliphatic carbocycles. The number of nitriles is 1. The number of rotatable bonds is 5. The van der Waals surface area contributed by atoms with E-state index in [4.69, 9.17) is 5.73 Å². The fourth-order valence-corrected chi connectivity index (χ4v) is 5.24. The van der Waals surface area contributed by atoms with E-state index in [2.05, 4.69) is 6.07 Å². The Morgan fingerprint density at radius 1 is 1.38 bits per heavy atom. The molecule has 3 saturated heterocycles. The van der Waals surface area contributed by atoms with Crippen LogP contribution in [-0.4, -0.2) is 70.3 Å². The van der Waals surface area contributed by atoms with Gasteiger partial charge in [0.1, 0.15) is 6.04 Å². The summed E-state index contributed by atoms with van der Waals surface area (Å²) in [5.41, 5.74) is 5.85. The summed E-state index contributed by atoms with van der Waals surface area (Å²) in [6, 6.07) is 4.87. The zero-order valence-corrected chi connectivity index (χ0v) is 17.8. The van der Waals surface area contributed by atoms with Crippen LogP contribution in [0.3, 0.4) is 0 Å².